The highest BCUT2D eigenvalue weighted by Crippen LogP contribution is 2.09. The van der Waals surface area contributed by atoms with Gasteiger partial charge in [0.1, 0.15) is 0 Å². The van der Waals surface area contributed by atoms with Gasteiger partial charge in [-0.05, 0) is 18.6 Å². The maximum absolute atomic E-state index is 12.9. The van der Waals surface area contributed by atoms with Gasteiger partial charge < -0.3 is 10.2 Å². The zero-order chi connectivity index (χ0) is 11.3. The van der Waals surface area contributed by atoms with Crippen molar-refractivity contribution in [3.8, 4) is 0 Å². The van der Waals surface area contributed by atoms with Crippen LogP contribution in [-0.2, 0) is 0 Å². The van der Waals surface area contributed by atoms with E-state index >= 15 is 0 Å². The van der Waals surface area contributed by atoms with Crippen molar-refractivity contribution in [1.29, 1.82) is 0 Å². The van der Waals surface area contributed by atoms with Gasteiger partial charge in [-0.15, -0.1) is 0 Å². The van der Waals surface area contributed by atoms with Crippen molar-refractivity contribution in [3.63, 3.8) is 0 Å². The molecule has 5 heteroatoms. The number of pyridine rings is 1. The van der Waals surface area contributed by atoms with Gasteiger partial charge in [-0.3, -0.25) is 4.98 Å². The van der Waals surface area contributed by atoms with Crippen molar-refractivity contribution in [2.75, 3.05) is 6.61 Å². The van der Waals surface area contributed by atoms with Gasteiger partial charge in [-0.2, -0.15) is 0 Å². The lowest BCUT2D eigenvalue weighted by molar-refractivity contribution is 0.0691. The van der Waals surface area contributed by atoms with E-state index in [0.29, 0.717) is 12.1 Å². The monoisotopic (exact) mass is 211 g/mol. The number of carboxylic acids is 1. The Labute approximate surface area is 85.7 Å². The van der Waals surface area contributed by atoms with Gasteiger partial charge in [0, 0.05) is 6.61 Å². The van der Waals surface area contributed by atoms with E-state index in [1.807, 2.05) is 0 Å². The van der Waals surface area contributed by atoms with Crippen LogP contribution in [0.25, 0.3) is 6.08 Å². The van der Waals surface area contributed by atoms with Crippen LogP contribution in [0.4, 0.5) is 4.39 Å². The molecule has 0 atom stereocenters. The molecule has 0 fully saturated rings. The zero-order valence-electron chi connectivity index (χ0n) is 7.85. The SMILES string of the molecule is O=C(O)c1cc(C=CCCO)ncc1F. The first kappa shape index (κ1) is 11.3. The summed E-state index contributed by atoms with van der Waals surface area (Å²) in [7, 11) is 0. The molecule has 1 heterocycles. The lowest BCUT2D eigenvalue weighted by Gasteiger charge is -1.98. The highest BCUT2D eigenvalue weighted by atomic mass is 19.1. The highest BCUT2D eigenvalue weighted by Gasteiger charge is 2.10. The smallest absolute Gasteiger partial charge is 0.338 e. The number of carbonyl (C=O) groups is 1. The Bertz CT molecular complexity index is 390. The Hall–Kier alpha value is -1.75. The molecule has 0 amide bonds. The molecule has 1 aromatic rings. The average Bonchev–Trinajstić information content (AvgIpc) is 2.20. The lowest BCUT2D eigenvalue weighted by Crippen LogP contribution is -2.01. The maximum Gasteiger partial charge on any atom is 0.338 e. The number of aromatic carboxylic acids is 1. The summed E-state index contributed by atoms with van der Waals surface area (Å²) < 4.78 is 12.9. The molecule has 0 aliphatic rings. The summed E-state index contributed by atoms with van der Waals surface area (Å²) >= 11 is 0. The number of hydrogen-bond donors (Lipinski definition) is 2. The molecule has 80 valence electrons. The van der Waals surface area contributed by atoms with Crippen molar-refractivity contribution in [1.82, 2.24) is 4.98 Å². The molecular formula is C10H10FNO3. The van der Waals surface area contributed by atoms with E-state index in [1.165, 1.54) is 6.08 Å². The van der Waals surface area contributed by atoms with Crippen molar-refractivity contribution in [2.45, 2.75) is 6.42 Å². The lowest BCUT2D eigenvalue weighted by atomic mass is 10.2. The molecule has 1 rings (SSSR count). The van der Waals surface area contributed by atoms with Gasteiger partial charge >= 0.3 is 5.97 Å². The zero-order valence-corrected chi connectivity index (χ0v) is 7.85. The topological polar surface area (TPSA) is 70.4 Å². The van der Waals surface area contributed by atoms with Crippen LogP contribution in [-0.4, -0.2) is 27.8 Å². The van der Waals surface area contributed by atoms with E-state index in [4.69, 9.17) is 10.2 Å². The number of aromatic nitrogens is 1. The van der Waals surface area contributed by atoms with Crippen molar-refractivity contribution >= 4 is 12.0 Å². The van der Waals surface area contributed by atoms with E-state index in [9.17, 15) is 9.18 Å². The molecular weight excluding hydrogens is 201 g/mol. The van der Waals surface area contributed by atoms with Crippen molar-refractivity contribution < 1.29 is 19.4 Å². The Morgan fingerprint density at radius 2 is 2.33 bits per heavy atom. The fourth-order valence-corrected chi connectivity index (χ4v) is 0.988. The molecule has 1 aromatic heterocycles. The average molecular weight is 211 g/mol. The van der Waals surface area contributed by atoms with E-state index in [2.05, 4.69) is 4.98 Å². The summed E-state index contributed by atoms with van der Waals surface area (Å²) in [5.41, 5.74) is -0.0594. The minimum atomic E-state index is -1.33. The van der Waals surface area contributed by atoms with E-state index < -0.39 is 17.3 Å². The molecule has 15 heavy (non-hydrogen) atoms. The first-order valence-electron chi connectivity index (χ1n) is 4.31. The Kier molecular flexibility index (Phi) is 3.93. The number of halogens is 1. The Balaban J connectivity index is 2.92. The van der Waals surface area contributed by atoms with Gasteiger partial charge in [0.2, 0.25) is 0 Å². The first-order chi connectivity index (χ1) is 7.15. The second-order valence-corrected chi connectivity index (χ2v) is 2.81. The highest BCUT2D eigenvalue weighted by molar-refractivity contribution is 5.88. The third-order valence-electron chi connectivity index (χ3n) is 1.69. The Morgan fingerprint density at radius 1 is 1.60 bits per heavy atom. The molecule has 4 nitrogen and oxygen atoms in total. The van der Waals surface area contributed by atoms with Gasteiger partial charge in [0.25, 0.3) is 0 Å². The predicted molar refractivity (Wildman–Crippen MR) is 51.9 cm³/mol. The van der Waals surface area contributed by atoms with Gasteiger partial charge in [0.15, 0.2) is 5.82 Å². The van der Waals surface area contributed by atoms with E-state index in [-0.39, 0.29) is 6.61 Å². The fourth-order valence-electron chi connectivity index (χ4n) is 0.988. The third kappa shape index (κ3) is 3.14. The summed E-state index contributed by atoms with van der Waals surface area (Å²) in [6.07, 6.45) is 4.47. The quantitative estimate of drug-likeness (QED) is 0.787. The number of aliphatic hydroxyl groups is 1. The molecule has 0 aliphatic carbocycles. The van der Waals surface area contributed by atoms with Crippen LogP contribution in [0.5, 0.6) is 0 Å². The standard InChI is InChI=1S/C10H10FNO3/c11-9-6-12-7(3-1-2-4-13)5-8(9)10(14)15/h1,3,5-6,13H,2,4H2,(H,14,15). The van der Waals surface area contributed by atoms with E-state index in [1.54, 1.807) is 6.08 Å². The van der Waals surface area contributed by atoms with Crippen LogP contribution >= 0.6 is 0 Å². The fraction of sp³-hybridized carbons (Fsp3) is 0.200. The van der Waals surface area contributed by atoms with Crippen LogP contribution in [0.2, 0.25) is 0 Å². The normalized spacial score (nSPS) is 10.8. The molecule has 0 aliphatic heterocycles. The minimum Gasteiger partial charge on any atom is -0.478 e. The van der Waals surface area contributed by atoms with Gasteiger partial charge in [-0.1, -0.05) is 6.08 Å². The summed E-state index contributed by atoms with van der Waals surface area (Å²) in [5.74, 6) is -2.19. The van der Waals surface area contributed by atoms with Crippen LogP contribution in [0.15, 0.2) is 18.3 Å². The Morgan fingerprint density at radius 3 is 2.93 bits per heavy atom. The number of aliphatic hydroxyl groups excluding tert-OH is 1. The van der Waals surface area contributed by atoms with Crippen LogP contribution in [0.3, 0.4) is 0 Å². The number of hydrogen-bond acceptors (Lipinski definition) is 3. The first-order valence-corrected chi connectivity index (χ1v) is 4.31. The number of carboxylic acid groups (broad SMARTS) is 1. The van der Waals surface area contributed by atoms with Crippen LogP contribution in [0.1, 0.15) is 22.5 Å². The maximum atomic E-state index is 12.9. The molecule has 0 bridgehead atoms. The van der Waals surface area contributed by atoms with Gasteiger partial charge in [0.05, 0.1) is 17.5 Å². The van der Waals surface area contributed by atoms with Crippen molar-refractivity contribution in [2.24, 2.45) is 0 Å². The second-order valence-electron chi connectivity index (χ2n) is 2.81. The van der Waals surface area contributed by atoms with Crippen LogP contribution < -0.4 is 0 Å². The number of rotatable bonds is 4. The third-order valence-corrected chi connectivity index (χ3v) is 1.69. The molecule has 0 saturated carbocycles. The van der Waals surface area contributed by atoms with Crippen LogP contribution in [0, 0.1) is 5.82 Å². The molecule has 0 saturated heterocycles. The predicted octanol–water partition coefficient (Wildman–Crippen LogP) is 1.31. The van der Waals surface area contributed by atoms with E-state index in [0.717, 1.165) is 12.3 Å². The molecule has 0 unspecified atom stereocenters. The van der Waals surface area contributed by atoms with Crippen molar-refractivity contribution in [3.05, 3.63) is 35.4 Å². The number of nitrogens with zero attached hydrogens (tertiary/aromatic N) is 1. The largest absolute Gasteiger partial charge is 0.478 e. The second kappa shape index (κ2) is 5.21. The minimum absolute atomic E-state index is 0.00345. The van der Waals surface area contributed by atoms with Gasteiger partial charge in [-0.25, -0.2) is 9.18 Å². The summed E-state index contributed by atoms with van der Waals surface area (Å²) in [6.45, 7) is 0.00345. The molecule has 0 aromatic carbocycles. The molecule has 2 N–H and O–H groups in total. The summed E-state index contributed by atoms with van der Waals surface area (Å²) in [5, 5.41) is 17.1. The molecule has 0 spiro atoms. The summed E-state index contributed by atoms with van der Waals surface area (Å²) in [6, 6.07) is 1.14. The summed E-state index contributed by atoms with van der Waals surface area (Å²) in [4.78, 5) is 14.3. The molecule has 0 radical (unpaired) electrons.